The van der Waals surface area contributed by atoms with Gasteiger partial charge in [0.15, 0.2) is 11.0 Å². The third kappa shape index (κ3) is 5.12. The molecule has 1 unspecified atom stereocenters. The number of carbonyl (C=O) groups excluding carboxylic acids is 1. The molecule has 0 spiro atoms. The van der Waals surface area contributed by atoms with E-state index in [9.17, 15) is 9.18 Å². The van der Waals surface area contributed by atoms with Crippen LogP contribution < -0.4 is 5.32 Å². The van der Waals surface area contributed by atoms with Crippen molar-refractivity contribution in [3.63, 3.8) is 0 Å². The Bertz CT molecular complexity index is 1040. The van der Waals surface area contributed by atoms with Crippen molar-refractivity contribution in [2.45, 2.75) is 30.8 Å². The van der Waals surface area contributed by atoms with Crippen LogP contribution in [0, 0.1) is 12.7 Å². The molecule has 0 aliphatic heterocycles. The van der Waals surface area contributed by atoms with Crippen molar-refractivity contribution in [2.24, 2.45) is 0 Å². The van der Waals surface area contributed by atoms with Crippen molar-refractivity contribution < 1.29 is 9.18 Å². The molecule has 0 radical (unpaired) electrons. The number of amides is 2. The SMILES string of the molecule is Cc1ccc(Cl)cc1-n1c(SCc2ccc(F)cc2)nnc1C(C)NC(=O)N(C)C. The first-order valence-electron chi connectivity index (χ1n) is 9.33. The monoisotopic (exact) mass is 447 g/mol. The molecule has 1 atom stereocenters. The number of nitrogens with one attached hydrogen (secondary N) is 1. The molecule has 6 nitrogen and oxygen atoms in total. The molecule has 0 saturated heterocycles. The number of hydrogen-bond acceptors (Lipinski definition) is 4. The average Bonchev–Trinajstić information content (AvgIpc) is 3.13. The number of aromatic nitrogens is 3. The van der Waals surface area contributed by atoms with Gasteiger partial charge in [0.05, 0.1) is 11.7 Å². The molecule has 2 amide bonds. The van der Waals surface area contributed by atoms with Gasteiger partial charge in [0.25, 0.3) is 0 Å². The number of benzene rings is 2. The van der Waals surface area contributed by atoms with E-state index in [4.69, 9.17) is 11.6 Å². The number of rotatable bonds is 6. The standard InChI is InChI=1S/C21H23ClFN5OS/c1-13-5-8-16(22)11-18(13)28-19(14(2)24-20(29)27(3)4)25-26-21(28)30-12-15-6-9-17(23)10-7-15/h5-11,14H,12H2,1-4H3,(H,24,29). The summed E-state index contributed by atoms with van der Waals surface area (Å²) >= 11 is 7.74. The summed E-state index contributed by atoms with van der Waals surface area (Å²) in [5, 5.41) is 12.9. The molecule has 0 aliphatic carbocycles. The van der Waals surface area contributed by atoms with Gasteiger partial charge >= 0.3 is 6.03 Å². The van der Waals surface area contributed by atoms with E-state index in [0.717, 1.165) is 16.8 Å². The Labute approximate surface area is 184 Å². The van der Waals surface area contributed by atoms with Gasteiger partial charge in [-0.2, -0.15) is 0 Å². The van der Waals surface area contributed by atoms with Crippen molar-refractivity contribution in [2.75, 3.05) is 14.1 Å². The highest BCUT2D eigenvalue weighted by molar-refractivity contribution is 7.98. The maximum absolute atomic E-state index is 13.2. The fourth-order valence-electron chi connectivity index (χ4n) is 2.81. The molecule has 1 aromatic heterocycles. The molecule has 1 heterocycles. The molecule has 1 N–H and O–H groups in total. The normalized spacial score (nSPS) is 11.9. The van der Waals surface area contributed by atoms with Crippen LogP contribution in [-0.2, 0) is 5.75 Å². The number of halogens is 2. The van der Waals surface area contributed by atoms with Gasteiger partial charge in [0.1, 0.15) is 5.82 Å². The Morgan fingerprint density at radius 3 is 2.60 bits per heavy atom. The maximum atomic E-state index is 13.2. The fourth-order valence-corrected chi connectivity index (χ4v) is 3.89. The van der Waals surface area contributed by atoms with Crippen LogP contribution in [0.4, 0.5) is 9.18 Å². The third-order valence-electron chi connectivity index (χ3n) is 4.49. The van der Waals surface area contributed by atoms with Crippen LogP contribution in [0.1, 0.15) is 29.9 Å². The largest absolute Gasteiger partial charge is 0.331 e. The third-order valence-corrected chi connectivity index (χ3v) is 5.72. The van der Waals surface area contributed by atoms with Crippen LogP contribution in [0.5, 0.6) is 0 Å². The molecule has 0 aliphatic rings. The minimum atomic E-state index is -0.383. The molecule has 30 heavy (non-hydrogen) atoms. The van der Waals surface area contributed by atoms with E-state index in [1.165, 1.54) is 28.8 Å². The Morgan fingerprint density at radius 2 is 1.93 bits per heavy atom. The van der Waals surface area contributed by atoms with Gasteiger partial charge in [-0.15, -0.1) is 10.2 Å². The first-order chi connectivity index (χ1) is 14.3. The van der Waals surface area contributed by atoms with E-state index in [-0.39, 0.29) is 17.9 Å². The van der Waals surface area contributed by atoms with Gasteiger partial charge in [-0.25, -0.2) is 9.18 Å². The Kier molecular flexibility index (Phi) is 6.99. The average molecular weight is 448 g/mol. The number of nitrogens with zero attached hydrogens (tertiary/aromatic N) is 4. The molecule has 0 fully saturated rings. The number of urea groups is 1. The Balaban J connectivity index is 1.97. The van der Waals surface area contributed by atoms with Crippen LogP contribution in [0.15, 0.2) is 47.6 Å². The lowest BCUT2D eigenvalue weighted by Crippen LogP contribution is -2.37. The van der Waals surface area contributed by atoms with Crippen molar-refractivity contribution in [3.05, 3.63) is 70.3 Å². The zero-order valence-corrected chi connectivity index (χ0v) is 18.8. The zero-order chi connectivity index (χ0) is 21.8. The second-order valence-corrected chi connectivity index (χ2v) is 8.47. The van der Waals surface area contributed by atoms with Crippen molar-refractivity contribution in [1.82, 2.24) is 25.0 Å². The summed E-state index contributed by atoms with van der Waals surface area (Å²) in [6, 6.07) is 11.4. The molecule has 158 valence electrons. The lowest BCUT2D eigenvalue weighted by atomic mass is 10.2. The second kappa shape index (κ2) is 9.49. The number of thioether (sulfide) groups is 1. The van der Waals surface area contributed by atoms with Gasteiger partial charge in [-0.05, 0) is 49.2 Å². The zero-order valence-electron chi connectivity index (χ0n) is 17.2. The highest BCUT2D eigenvalue weighted by Gasteiger charge is 2.22. The molecule has 0 saturated carbocycles. The summed E-state index contributed by atoms with van der Waals surface area (Å²) in [5.41, 5.74) is 2.81. The molecular formula is C21H23ClFN5OS. The van der Waals surface area contributed by atoms with Crippen LogP contribution in [0.3, 0.4) is 0 Å². The highest BCUT2D eigenvalue weighted by atomic mass is 35.5. The molecule has 2 aromatic carbocycles. The summed E-state index contributed by atoms with van der Waals surface area (Å²) in [6.07, 6.45) is 0. The lowest BCUT2D eigenvalue weighted by molar-refractivity contribution is 0.213. The van der Waals surface area contributed by atoms with Gasteiger partial charge < -0.3 is 10.2 Å². The smallest absolute Gasteiger partial charge is 0.317 e. The van der Waals surface area contributed by atoms with E-state index in [1.807, 2.05) is 36.6 Å². The fraction of sp³-hybridized carbons (Fsp3) is 0.286. The summed E-state index contributed by atoms with van der Waals surface area (Å²) in [4.78, 5) is 13.6. The van der Waals surface area contributed by atoms with Crippen LogP contribution in [0.2, 0.25) is 5.02 Å². The van der Waals surface area contributed by atoms with Crippen molar-refractivity contribution >= 4 is 29.4 Å². The summed E-state index contributed by atoms with van der Waals surface area (Å²) in [6.45, 7) is 3.84. The second-order valence-electron chi connectivity index (χ2n) is 7.09. The van der Waals surface area contributed by atoms with Crippen LogP contribution in [-0.4, -0.2) is 39.8 Å². The number of aryl methyl sites for hydroxylation is 1. The topological polar surface area (TPSA) is 63.1 Å². The van der Waals surface area contributed by atoms with Gasteiger partial charge in [0.2, 0.25) is 0 Å². The molecular weight excluding hydrogens is 425 g/mol. The van der Waals surface area contributed by atoms with Crippen LogP contribution >= 0.6 is 23.4 Å². The van der Waals surface area contributed by atoms with E-state index in [0.29, 0.717) is 21.8 Å². The molecule has 3 aromatic rings. The molecule has 0 bridgehead atoms. The molecule has 9 heteroatoms. The summed E-state index contributed by atoms with van der Waals surface area (Å²) < 4.78 is 15.1. The summed E-state index contributed by atoms with van der Waals surface area (Å²) in [5.74, 6) is 0.919. The number of hydrogen-bond donors (Lipinski definition) is 1. The van der Waals surface area contributed by atoms with Crippen molar-refractivity contribution in [3.8, 4) is 5.69 Å². The van der Waals surface area contributed by atoms with E-state index in [1.54, 1.807) is 26.2 Å². The van der Waals surface area contributed by atoms with Crippen molar-refractivity contribution in [1.29, 1.82) is 0 Å². The predicted octanol–water partition coefficient (Wildman–Crippen LogP) is 4.99. The quantitative estimate of drug-likeness (QED) is 0.540. The highest BCUT2D eigenvalue weighted by Crippen LogP contribution is 2.30. The van der Waals surface area contributed by atoms with Crippen LogP contribution in [0.25, 0.3) is 5.69 Å². The van der Waals surface area contributed by atoms with E-state index < -0.39 is 0 Å². The van der Waals surface area contributed by atoms with E-state index in [2.05, 4.69) is 15.5 Å². The minimum Gasteiger partial charge on any atom is -0.331 e. The van der Waals surface area contributed by atoms with Gasteiger partial charge in [-0.3, -0.25) is 4.57 Å². The molecule has 3 rings (SSSR count). The maximum Gasteiger partial charge on any atom is 0.317 e. The first kappa shape index (κ1) is 22.1. The predicted molar refractivity (Wildman–Crippen MR) is 118 cm³/mol. The summed E-state index contributed by atoms with van der Waals surface area (Å²) in [7, 11) is 3.36. The minimum absolute atomic E-state index is 0.222. The van der Waals surface area contributed by atoms with E-state index >= 15 is 0 Å². The Morgan fingerprint density at radius 1 is 1.23 bits per heavy atom. The first-order valence-corrected chi connectivity index (χ1v) is 10.7. The van der Waals surface area contributed by atoms with Gasteiger partial charge in [0, 0.05) is 24.9 Å². The lowest BCUT2D eigenvalue weighted by Gasteiger charge is -2.20. The Hall–Kier alpha value is -2.58. The number of carbonyl (C=O) groups is 1. The van der Waals surface area contributed by atoms with Gasteiger partial charge in [-0.1, -0.05) is 41.6 Å².